The lowest BCUT2D eigenvalue weighted by Gasteiger charge is -2.40. The average Bonchev–Trinajstić information content (AvgIpc) is 2.72. The van der Waals surface area contributed by atoms with Crippen molar-refractivity contribution in [1.82, 2.24) is 5.32 Å². The Balaban J connectivity index is 5.07. The minimum atomic E-state index is -0.907. The lowest BCUT2D eigenvalue weighted by molar-refractivity contribution is -0.406. The second-order valence-corrected chi connectivity index (χ2v) is 7.73. The molecular formula is C23H50N2O3. The van der Waals surface area contributed by atoms with Gasteiger partial charge >= 0.3 is 0 Å². The first kappa shape index (κ1) is 27.8. The van der Waals surface area contributed by atoms with E-state index in [0.717, 1.165) is 45.2 Å². The van der Waals surface area contributed by atoms with Gasteiger partial charge in [0.25, 0.3) is 5.97 Å². The molecule has 0 aromatic rings. The summed E-state index contributed by atoms with van der Waals surface area (Å²) in [6.07, 6.45) is 12.7. The van der Waals surface area contributed by atoms with Gasteiger partial charge in [-0.3, -0.25) is 0 Å². The molecule has 28 heavy (non-hydrogen) atoms. The SMILES string of the molecule is CCCCCCCCC(CCNCCN)C(OCCC)(OCCC)OCCC. The Kier molecular flexibility index (Phi) is 19.9. The average molecular weight is 403 g/mol. The summed E-state index contributed by atoms with van der Waals surface area (Å²) >= 11 is 0. The Hall–Kier alpha value is -0.200. The molecule has 3 N–H and O–H groups in total. The molecule has 0 saturated carbocycles. The molecule has 0 spiro atoms. The van der Waals surface area contributed by atoms with E-state index in [-0.39, 0.29) is 5.92 Å². The first-order valence-corrected chi connectivity index (χ1v) is 12.0. The standard InChI is InChI=1S/C23H50N2O3/c1-5-9-10-11-12-13-14-22(15-17-25-18-16-24)23(26-19-6-2,27-20-7-3)28-21-8-4/h22,25H,5-21,24H2,1-4H3. The zero-order chi connectivity index (χ0) is 20.9. The van der Waals surface area contributed by atoms with Gasteiger partial charge in [0.2, 0.25) is 0 Å². The van der Waals surface area contributed by atoms with Gasteiger partial charge in [-0.2, -0.15) is 0 Å². The number of hydrogen-bond acceptors (Lipinski definition) is 5. The second kappa shape index (κ2) is 20.1. The minimum absolute atomic E-state index is 0.230. The van der Waals surface area contributed by atoms with Crippen LogP contribution in [0.3, 0.4) is 0 Å². The van der Waals surface area contributed by atoms with Crippen molar-refractivity contribution in [2.75, 3.05) is 39.5 Å². The smallest absolute Gasteiger partial charge is 0.285 e. The van der Waals surface area contributed by atoms with Crippen LogP contribution in [-0.2, 0) is 14.2 Å². The highest BCUT2D eigenvalue weighted by atomic mass is 16.9. The molecule has 0 bridgehead atoms. The van der Waals surface area contributed by atoms with Crippen molar-refractivity contribution in [2.45, 2.75) is 104 Å². The molecule has 0 rings (SSSR count). The monoisotopic (exact) mass is 402 g/mol. The molecule has 0 aromatic carbocycles. The van der Waals surface area contributed by atoms with Crippen molar-refractivity contribution >= 4 is 0 Å². The topological polar surface area (TPSA) is 65.7 Å². The maximum Gasteiger partial charge on any atom is 0.285 e. The van der Waals surface area contributed by atoms with Crippen molar-refractivity contribution in [3.8, 4) is 0 Å². The fourth-order valence-corrected chi connectivity index (χ4v) is 3.38. The Morgan fingerprint density at radius 1 is 0.679 bits per heavy atom. The molecule has 0 aromatic heterocycles. The Morgan fingerprint density at radius 3 is 1.71 bits per heavy atom. The molecule has 1 atom stereocenters. The summed E-state index contributed by atoms with van der Waals surface area (Å²) in [5.74, 6) is -0.677. The van der Waals surface area contributed by atoms with Gasteiger partial charge < -0.3 is 25.3 Å². The maximum atomic E-state index is 6.30. The van der Waals surface area contributed by atoms with Gasteiger partial charge in [-0.25, -0.2) is 0 Å². The van der Waals surface area contributed by atoms with Crippen molar-refractivity contribution in [3.63, 3.8) is 0 Å². The molecule has 0 heterocycles. The van der Waals surface area contributed by atoms with Crippen molar-refractivity contribution < 1.29 is 14.2 Å². The second-order valence-electron chi connectivity index (χ2n) is 7.73. The Morgan fingerprint density at radius 2 is 1.21 bits per heavy atom. The van der Waals surface area contributed by atoms with Crippen LogP contribution in [-0.4, -0.2) is 45.4 Å². The van der Waals surface area contributed by atoms with E-state index in [4.69, 9.17) is 19.9 Å². The quantitative estimate of drug-likeness (QED) is 0.192. The number of hydrogen-bond donors (Lipinski definition) is 2. The first-order valence-electron chi connectivity index (χ1n) is 12.0. The Bertz CT molecular complexity index is 294. The first-order chi connectivity index (χ1) is 13.7. The molecule has 5 nitrogen and oxygen atoms in total. The summed E-state index contributed by atoms with van der Waals surface area (Å²) in [6, 6.07) is 0. The molecule has 0 radical (unpaired) electrons. The van der Waals surface area contributed by atoms with Crippen LogP contribution in [0.2, 0.25) is 0 Å². The highest BCUT2D eigenvalue weighted by molar-refractivity contribution is 4.74. The molecule has 0 fully saturated rings. The normalized spacial score (nSPS) is 13.2. The van der Waals surface area contributed by atoms with Gasteiger partial charge in [0, 0.05) is 19.0 Å². The van der Waals surface area contributed by atoms with Gasteiger partial charge in [0.15, 0.2) is 0 Å². The van der Waals surface area contributed by atoms with Crippen molar-refractivity contribution in [3.05, 3.63) is 0 Å². The molecule has 170 valence electrons. The van der Waals surface area contributed by atoms with Gasteiger partial charge in [0.05, 0.1) is 19.8 Å². The summed E-state index contributed by atoms with van der Waals surface area (Å²) in [7, 11) is 0. The van der Waals surface area contributed by atoms with Gasteiger partial charge in [-0.05, 0) is 38.6 Å². The summed E-state index contributed by atoms with van der Waals surface area (Å²) < 4.78 is 18.9. The number of nitrogens with one attached hydrogen (secondary N) is 1. The molecule has 0 aliphatic heterocycles. The van der Waals surface area contributed by atoms with Crippen LogP contribution in [0.1, 0.15) is 98.3 Å². The number of rotatable bonds is 22. The third-order valence-corrected chi connectivity index (χ3v) is 4.92. The lowest BCUT2D eigenvalue weighted by Crippen LogP contribution is -2.48. The van der Waals surface area contributed by atoms with Crippen LogP contribution in [0.4, 0.5) is 0 Å². The van der Waals surface area contributed by atoms with E-state index in [9.17, 15) is 0 Å². The predicted octanol–water partition coefficient (Wildman–Crippen LogP) is 5.23. The zero-order valence-corrected chi connectivity index (χ0v) is 19.4. The van der Waals surface area contributed by atoms with E-state index in [1.807, 2.05) is 0 Å². The van der Waals surface area contributed by atoms with E-state index in [0.29, 0.717) is 26.4 Å². The summed E-state index contributed by atoms with van der Waals surface area (Å²) in [5.41, 5.74) is 5.63. The lowest BCUT2D eigenvalue weighted by atomic mass is 9.94. The summed E-state index contributed by atoms with van der Waals surface area (Å²) in [6.45, 7) is 13.1. The molecule has 5 heteroatoms. The van der Waals surface area contributed by atoms with Crippen LogP contribution in [0, 0.1) is 5.92 Å². The molecule has 0 aliphatic carbocycles. The molecule has 0 amide bonds. The van der Waals surface area contributed by atoms with Crippen LogP contribution < -0.4 is 11.1 Å². The predicted molar refractivity (Wildman–Crippen MR) is 119 cm³/mol. The highest BCUT2D eigenvalue weighted by Gasteiger charge is 2.41. The van der Waals surface area contributed by atoms with Gasteiger partial charge in [0.1, 0.15) is 0 Å². The van der Waals surface area contributed by atoms with Crippen LogP contribution in [0.5, 0.6) is 0 Å². The van der Waals surface area contributed by atoms with E-state index in [1.165, 1.54) is 38.5 Å². The third kappa shape index (κ3) is 13.1. The van der Waals surface area contributed by atoms with E-state index in [1.54, 1.807) is 0 Å². The van der Waals surface area contributed by atoms with Gasteiger partial charge in [-0.1, -0.05) is 66.2 Å². The van der Waals surface area contributed by atoms with Gasteiger partial charge in [-0.15, -0.1) is 0 Å². The van der Waals surface area contributed by atoms with Crippen LogP contribution in [0.25, 0.3) is 0 Å². The van der Waals surface area contributed by atoms with Crippen LogP contribution in [0.15, 0.2) is 0 Å². The van der Waals surface area contributed by atoms with E-state index < -0.39 is 5.97 Å². The summed E-state index contributed by atoms with van der Waals surface area (Å²) in [4.78, 5) is 0. The van der Waals surface area contributed by atoms with Crippen molar-refractivity contribution in [2.24, 2.45) is 11.7 Å². The minimum Gasteiger partial charge on any atom is -0.329 e. The number of unbranched alkanes of at least 4 members (excludes halogenated alkanes) is 5. The summed E-state index contributed by atoms with van der Waals surface area (Å²) in [5, 5.41) is 3.43. The van der Waals surface area contributed by atoms with Crippen molar-refractivity contribution in [1.29, 1.82) is 0 Å². The largest absolute Gasteiger partial charge is 0.329 e. The number of ether oxygens (including phenoxy) is 3. The molecule has 0 saturated heterocycles. The Labute approximate surface area is 175 Å². The van der Waals surface area contributed by atoms with Crippen LogP contribution >= 0.6 is 0 Å². The zero-order valence-electron chi connectivity index (χ0n) is 19.4. The highest BCUT2D eigenvalue weighted by Crippen LogP contribution is 2.33. The van der Waals surface area contributed by atoms with E-state index in [2.05, 4.69) is 33.0 Å². The van der Waals surface area contributed by atoms with E-state index >= 15 is 0 Å². The fraction of sp³-hybridized carbons (Fsp3) is 1.00. The third-order valence-electron chi connectivity index (χ3n) is 4.92. The number of nitrogens with two attached hydrogens (primary N) is 1. The molecule has 0 aliphatic rings. The molecular weight excluding hydrogens is 352 g/mol. The fourth-order valence-electron chi connectivity index (χ4n) is 3.38. The maximum absolute atomic E-state index is 6.30. The molecule has 1 unspecified atom stereocenters.